The Morgan fingerprint density at radius 2 is 1.97 bits per heavy atom. The molecule has 4 rings (SSSR count). The first-order valence-electron chi connectivity index (χ1n) is 10.3. The normalized spacial score (nSPS) is 14.0. The molecule has 0 fully saturated rings. The molecular formula is C24H24N2O6. The molecule has 2 amide bonds. The number of amides is 2. The van der Waals surface area contributed by atoms with E-state index in [1.165, 1.54) is 18.7 Å². The number of rotatable bonds is 6. The molecule has 1 aromatic heterocycles. The van der Waals surface area contributed by atoms with Gasteiger partial charge in [0.05, 0.1) is 20.1 Å². The van der Waals surface area contributed by atoms with E-state index in [2.05, 4.69) is 5.32 Å². The predicted molar refractivity (Wildman–Crippen MR) is 117 cm³/mol. The van der Waals surface area contributed by atoms with E-state index in [9.17, 15) is 19.5 Å². The van der Waals surface area contributed by atoms with Gasteiger partial charge in [0, 0.05) is 30.6 Å². The second-order valence-corrected chi connectivity index (χ2v) is 7.71. The van der Waals surface area contributed by atoms with Crippen LogP contribution in [0.25, 0.3) is 11.0 Å². The molecule has 3 aromatic rings. The molecule has 1 aliphatic rings. The van der Waals surface area contributed by atoms with Crippen LogP contribution in [-0.4, -0.2) is 48.1 Å². The summed E-state index contributed by atoms with van der Waals surface area (Å²) in [6.07, 6.45) is 0.588. The van der Waals surface area contributed by atoms with Gasteiger partial charge in [0.15, 0.2) is 0 Å². The number of benzene rings is 2. The molecule has 0 aliphatic carbocycles. The fourth-order valence-electron chi connectivity index (χ4n) is 3.99. The fourth-order valence-corrected chi connectivity index (χ4v) is 3.99. The number of hydrogen-bond acceptors (Lipinski definition) is 6. The zero-order valence-corrected chi connectivity index (χ0v) is 17.7. The zero-order chi connectivity index (χ0) is 22.7. The highest BCUT2D eigenvalue weighted by Gasteiger charge is 2.28. The molecule has 0 spiro atoms. The number of hydrogen-bond donors (Lipinski definition) is 2. The Bertz CT molecular complexity index is 1220. The van der Waals surface area contributed by atoms with Gasteiger partial charge in [-0.15, -0.1) is 0 Å². The number of carbonyl (C=O) groups excluding carboxylic acids is 2. The number of fused-ring (bicyclic) bond motifs is 2. The Morgan fingerprint density at radius 1 is 1.19 bits per heavy atom. The maximum atomic E-state index is 12.9. The summed E-state index contributed by atoms with van der Waals surface area (Å²) in [5.74, 6) is -0.286. The molecule has 8 heteroatoms. The lowest BCUT2D eigenvalue weighted by atomic mass is 9.99. The van der Waals surface area contributed by atoms with E-state index in [0.717, 1.165) is 12.0 Å². The van der Waals surface area contributed by atoms with Crippen molar-refractivity contribution in [2.24, 2.45) is 0 Å². The van der Waals surface area contributed by atoms with Crippen LogP contribution in [0.3, 0.4) is 0 Å². The lowest BCUT2D eigenvalue weighted by Gasteiger charge is -2.31. The molecular weight excluding hydrogens is 412 g/mol. The number of carbonyl (C=O) groups is 2. The van der Waals surface area contributed by atoms with Gasteiger partial charge in [-0.3, -0.25) is 9.59 Å². The number of ether oxygens (including phenoxy) is 1. The molecule has 8 nitrogen and oxygen atoms in total. The van der Waals surface area contributed by atoms with Gasteiger partial charge in [0.1, 0.15) is 17.4 Å². The second kappa shape index (κ2) is 9.23. The monoisotopic (exact) mass is 436 g/mol. The van der Waals surface area contributed by atoms with Crippen molar-refractivity contribution in [2.75, 3.05) is 20.3 Å². The fraction of sp³-hybridized carbons (Fsp3) is 0.292. The van der Waals surface area contributed by atoms with Crippen LogP contribution in [0.2, 0.25) is 0 Å². The van der Waals surface area contributed by atoms with Crippen molar-refractivity contribution in [3.63, 3.8) is 0 Å². The van der Waals surface area contributed by atoms with E-state index in [4.69, 9.17) is 9.15 Å². The summed E-state index contributed by atoms with van der Waals surface area (Å²) in [5.41, 5.74) is 2.45. The highest BCUT2D eigenvalue weighted by molar-refractivity contribution is 5.91. The van der Waals surface area contributed by atoms with E-state index < -0.39 is 24.2 Å². The number of aliphatic hydroxyl groups is 1. The molecule has 2 N–H and O–H groups in total. The minimum Gasteiger partial charge on any atom is -0.497 e. The Kier molecular flexibility index (Phi) is 6.23. The van der Waals surface area contributed by atoms with Crippen LogP contribution in [0.4, 0.5) is 0 Å². The maximum Gasteiger partial charge on any atom is 0.336 e. The van der Waals surface area contributed by atoms with Crippen LogP contribution < -0.4 is 15.7 Å². The molecule has 166 valence electrons. The smallest absolute Gasteiger partial charge is 0.336 e. The van der Waals surface area contributed by atoms with Crippen molar-refractivity contribution in [3.05, 3.63) is 75.6 Å². The first kappa shape index (κ1) is 21.6. The Hall–Kier alpha value is -3.65. The summed E-state index contributed by atoms with van der Waals surface area (Å²) in [6, 6.07) is 13.1. The summed E-state index contributed by atoms with van der Waals surface area (Å²) in [6.45, 7) is 0.444. The van der Waals surface area contributed by atoms with Gasteiger partial charge < -0.3 is 24.5 Å². The minimum absolute atomic E-state index is 0.138. The van der Waals surface area contributed by atoms with Crippen LogP contribution in [0, 0.1) is 0 Å². The van der Waals surface area contributed by atoms with Gasteiger partial charge in [-0.2, -0.15) is 0 Å². The van der Waals surface area contributed by atoms with E-state index in [1.807, 2.05) is 24.3 Å². The highest BCUT2D eigenvalue weighted by Crippen LogP contribution is 2.23. The molecule has 2 heterocycles. The summed E-state index contributed by atoms with van der Waals surface area (Å²) >= 11 is 0. The summed E-state index contributed by atoms with van der Waals surface area (Å²) < 4.78 is 10.4. The predicted octanol–water partition coefficient (Wildman–Crippen LogP) is 1.41. The number of aliphatic hydroxyl groups excluding tert-OH is 1. The molecule has 1 atom stereocenters. The molecule has 0 saturated heterocycles. The van der Waals surface area contributed by atoms with Crippen molar-refractivity contribution in [3.8, 4) is 5.75 Å². The molecule has 0 saturated carbocycles. The van der Waals surface area contributed by atoms with Gasteiger partial charge in [0.2, 0.25) is 11.8 Å². The van der Waals surface area contributed by atoms with E-state index >= 15 is 0 Å². The third-order valence-corrected chi connectivity index (χ3v) is 5.65. The second-order valence-electron chi connectivity index (χ2n) is 7.71. The van der Waals surface area contributed by atoms with Gasteiger partial charge in [0.25, 0.3) is 0 Å². The maximum absolute atomic E-state index is 12.9. The lowest BCUT2D eigenvalue weighted by Crippen LogP contribution is -2.51. The SMILES string of the molecule is COc1ccc2c(CC(=O)N[C@@H](CO)C(=O)N3CCc4ccccc4C3)cc(=O)oc2c1. The average Bonchev–Trinajstić information content (AvgIpc) is 2.81. The lowest BCUT2D eigenvalue weighted by molar-refractivity contribution is -0.138. The summed E-state index contributed by atoms with van der Waals surface area (Å²) in [4.78, 5) is 39.2. The molecule has 1 aliphatic heterocycles. The number of methoxy groups -OCH3 is 1. The topological polar surface area (TPSA) is 109 Å². The largest absolute Gasteiger partial charge is 0.497 e. The molecule has 0 unspecified atom stereocenters. The number of nitrogens with one attached hydrogen (secondary N) is 1. The van der Waals surface area contributed by atoms with E-state index in [1.54, 1.807) is 23.1 Å². The first-order valence-corrected chi connectivity index (χ1v) is 10.3. The van der Waals surface area contributed by atoms with E-state index in [-0.39, 0.29) is 12.3 Å². The quantitative estimate of drug-likeness (QED) is 0.566. The van der Waals surface area contributed by atoms with Crippen LogP contribution >= 0.6 is 0 Å². The van der Waals surface area contributed by atoms with Gasteiger partial charge in [-0.05, 0) is 35.2 Å². The summed E-state index contributed by atoms with van der Waals surface area (Å²) in [7, 11) is 1.50. The van der Waals surface area contributed by atoms with Gasteiger partial charge in [-0.1, -0.05) is 24.3 Å². The molecule has 2 aromatic carbocycles. The van der Waals surface area contributed by atoms with Crippen molar-refractivity contribution in [1.82, 2.24) is 10.2 Å². The van der Waals surface area contributed by atoms with Crippen LogP contribution in [0.15, 0.2) is 57.7 Å². The van der Waals surface area contributed by atoms with Crippen molar-refractivity contribution in [1.29, 1.82) is 0 Å². The minimum atomic E-state index is -1.06. The van der Waals surface area contributed by atoms with Gasteiger partial charge in [-0.25, -0.2) is 4.79 Å². The molecule has 32 heavy (non-hydrogen) atoms. The Morgan fingerprint density at radius 3 is 2.72 bits per heavy atom. The number of nitrogens with zero attached hydrogens (tertiary/aromatic N) is 1. The van der Waals surface area contributed by atoms with Gasteiger partial charge >= 0.3 is 5.63 Å². The summed E-state index contributed by atoms with van der Waals surface area (Å²) in [5, 5.41) is 13.0. The van der Waals surface area contributed by atoms with Crippen molar-refractivity contribution >= 4 is 22.8 Å². The highest BCUT2D eigenvalue weighted by atomic mass is 16.5. The molecule has 0 bridgehead atoms. The molecule has 0 radical (unpaired) electrons. The third kappa shape index (κ3) is 4.50. The zero-order valence-electron chi connectivity index (χ0n) is 17.7. The van der Waals surface area contributed by atoms with Crippen molar-refractivity contribution in [2.45, 2.75) is 25.4 Å². The van der Waals surface area contributed by atoms with Crippen molar-refractivity contribution < 1.29 is 23.8 Å². The standard InChI is InChI=1S/C24H24N2O6/c1-31-18-6-7-19-17(11-23(29)32-21(19)12-18)10-22(28)25-20(14-27)24(30)26-9-8-15-4-2-3-5-16(15)13-26/h2-7,11-12,20,27H,8-10,13-14H2,1H3,(H,25,28)/t20-/m0/s1. The van der Waals surface area contributed by atoms with Crippen LogP contribution in [0.5, 0.6) is 5.75 Å². The third-order valence-electron chi connectivity index (χ3n) is 5.65. The van der Waals surface area contributed by atoms with E-state index in [0.29, 0.717) is 35.4 Å². The Balaban J connectivity index is 1.47. The van der Waals surface area contributed by atoms with Crippen LogP contribution in [0.1, 0.15) is 16.7 Å². The average molecular weight is 436 g/mol. The Labute approximate surface area is 184 Å². The first-order chi connectivity index (χ1) is 15.5. The van der Waals surface area contributed by atoms with Crippen LogP contribution in [-0.2, 0) is 29.0 Å².